The highest BCUT2D eigenvalue weighted by Gasteiger charge is 2.31. The number of tetrazole rings is 1. The molecular formula is C25H20ClFN6O. The second-order valence-electron chi connectivity index (χ2n) is 7.83. The number of aromatic nitrogens is 4. The number of carbonyl (C=O) groups excluding carboxylic acids is 1. The molecule has 1 aromatic heterocycles. The van der Waals surface area contributed by atoms with Crippen LogP contribution in [0.1, 0.15) is 22.7 Å². The van der Waals surface area contributed by atoms with Crippen LogP contribution in [-0.4, -0.2) is 32.7 Å². The summed E-state index contributed by atoms with van der Waals surface area (Å²) in [5.41, 5.74) is 3.49. The molecule has 0 saturated heterocycles. The smallest absolute Gasteiger partial charge is 0.251 e. The molecule has 0 aliphatic carbocycles. The summed E-state index contributed by atoms with van der Waals surface area (Å²) in [5.74, 6) is -0.0870. The molecule has 1 unspecified atom stereocenters. The van der Waals surface area contributed by atoms with E-state index in [1.54, 1.807) is 33.8 Å². The highest BCUT2D eigenvalue weighted by molar-refractivity contribution is 6.30. The summed E-state index contributed by atoms with van der Waals surface area (Å²) in [6.45, 7) is 0.280. The molecule has 0 radical (unpaired) electrons. The van der Waals surface area contributed by atoms with Gasteiger partial charge in [0.15, 0.2) is 0 Å². The molecule has 1 aliphatic rings. The summed E-state index contributed by atoms with van der Waals surface area (Å²) in [6, 6.07) is 23.1. The Hall–Kier alpha value is -4.04. The van der Waals surface area contributed by atoms with Crippen LogP contribution in [0.5, 0.6) is 0 Å². The lowest BCUT2D eigenvalue weighted by Gasteiger charge is -2.32. The van der Waals surface area contributed by atoms with E-state index in [0.29, 0.717) is 11.0 Å². The second-order valence-corrected chi connectivity index (χ2v) is 8.26. The number of hydrogen-bond donors (Lipinski definition) is 1. The van der Waals surface area contributed by atoms with Crippen LogP contribution in [0.25, 0.3) is 5.70 Å². The van der Waals surface area contributed by atoms with Crippen molar-refractivity contribution in [2.24, 2.45) is 0 Å². The number of fused-ring (bicyclic) bond motifs is 1. The molecule has 0 fully saturated rings. The minimum atomic E-state index is -0.319. The summed E-state index contributed by atoms with van der Waals surface area (Å²) in [6.07, 6.45) is 2.04. The van der Waals surface area contributed by atoms with E-state index >= 15 is 0 Å². The van der Waals surface area contributed by atoms with E-state index in [2.05, 4.69) is 20.8 Å². The fourth-order valence-corrected chi connectivity index (χ4v) is 4.01. The van der Waals surface area contributed by atoms with E-state index in [-0.39, 0.29) is 30.9 Å². The van der Waals surface area contributed by atoms with Gasteiger partial charge >= 0.3 is 0 Å². The maximum atomic E-state index is 13.2. The van der Waals surface area contributed by atoms with Gasteiger partial charge in [0.2, 0.25) is 5.91 Å². The highest BCUT2D eigenvalue weighted by atomic mass is 35.5. The lowest BCUT2D eigenvalue weighted by atomic mass is 10.0. The first kappa shape index (κ1) is 21.8. The van der Waals surface area contributed by atoms with Gasteiger partial charge in [-0.15, -0.1) is 0 Å². The Bertz CT molecular complexity index is 1320. The molecule has 4 aromatic rings. The monoisotopic (exact) mass is 474 g/mol. The van der Waals surface area contributed by atoms with Crippen LogP contribution in [0.4, 0.5) is 10.3 Å². The van der Waals surface area contributed by atoms with Crippen molar-refractivity contribution in [2.45, 2.75) is 12.6 Å². The lowest BCUT2D eigenvalue weighted by Crippen LogP contribution is -2.39. The quantitative estimate of drug-likeness (QED) is 0.452. The van der Waals surface area contributed by atoms with Crippen molar-refractivity contribution >= 4 is 29.2 Å². The van der Waals surface area contributed by atoms with Gasteiger partial charge in [0.25, 0.3) is 5.95 Å². The average molecular weight is 475 g/mol. The number of nitrogens with zero attached hydrogens (tertiary/aromatic N) is 5. The van der Waals surface area contributed by atoms with Crippen molar-refractivity contribution in [2.75, 3.05) is 11.4 Å². The maximum absolute atomic E-state index is 13.2. The molecule has 1 N–H and O–H groups in total. The zero-order valence-electron chi connectivity index (χ0n) is 18.0. The highest BCUT2D eigenvalue weighted by Crippen LogP contribution is 2.36. The number of nitrogens with one attached hydrogen (secondary N) is 1. The summed E-state index contributed by atoms with van der Waals surface area (Å²) in [5, 5.41) is 15.8. The van der Waals surface area contributed by atoms with Crippen LogP contribution >= 0.6 is 11.6 Å². The second kappa shape index (κ2) is 9.44. The predicted molar refractivity (Wildman–Crippen MR) is 127 cm³/mol. The number of halogens is 2. The van der Waals surface area contributed by atoms with Crippen molar-refractivity contribution in [1.29, 1.82) is 0 Å². The average Bonchev–Trinajstić information content (AvgIpc) is 3.35. The Balaban J connectivity index is 1.46. The summed E-state index contributed by atoms with van der Waals surface area (Å²) in [7, 11) is 0. The van der Waals surface area contributed by atoms with E-state index in [1.165, 1.54) is 12.1 Å². The predicted octanol–water partition coefficient (Wildman–Crippen LogP) is 4.23. The largest absolute Gasteiger partial charge is 0.350 e. The number of hydrogen-bond acceptors (Lipinski definition) is 5. The Morgan fingerprint density at radius 1 is 1.00 bits per heavy atom. The molecule has 34 heavy (non-hydrogen) atoms. The third kappa shape index (κ3) is 4.53. The van der Waals surface area contributed by atoms with Gasteiger partial charge in [0.1, 0.15) is 18.4 Å². The molecule has 1 aliphatic heterocycles. The molecule has 0 saturated carbocycles. The number of benzene rings is 3. The molecule has 9 heteroatoms. The van der Waals surface area contributed by atoms with Gasteiger partial charge in [-0.2, -0.15) is 4.68 Å². The summed E-state index contributed by atoms with van der Waals surface area (Å²) >= 11 is 6.11. The van der Waals surface area contributed by atoms with Crippen LogP contribution in [-0.2, 0) is 11.3 Å². The first-order chi connectivity index (χ1) is 16.6. The van der Waals surface area contributed by atoms with Crippen LogP contribution in [0.15, 0.2) is 84.9 Å². The molecule has 0 bridgehead atoms. The Morgan fingerprint density at radius 2 is 1.74 bits per heavy atom. The van der Waals surface area contributed by atoms with Gasteiger partial charge in [0.05, 0.1) is 5.70 Å². The molecule has 5 rings (SSSR count). The van der Waals surface area contributed by atoms with Crippen LogP contribution in [0.2, 0.25) is 5.02 Å². The Kier molecular flexibility index (Phi) is 6.05. The Labute approximate surface area is 200 Å². The van der Waals surface area contributed by atoms with E-state index in [4.69, 9.17) is 11.6 Å². The van der Waals surface area contributed by atoms with Gasteiger partial charge in [-0.25, -0.2) is 4.39 Å². The zero-order chi connectivity index (χ0) is 23.5. The number of rotatable bonds is 6. The fraction of sp³-hybridized carbons (Fsp3) is 0.120. The fourth-order valence-electron chi connectivity index (χ4n) is 3.88. The van der Waals surface area contributed by atoms with Crippen LogP contribution < -0.4 is 10.2 Å². The van der Waals surface area contributed by atoms with Gasteiger partial charge in [-0.3, -0.25) is 9.69 Å². The molecule has 7 nitrogen and oxygen atoms in total. The first-order valence-electron chi connectivity index (χ1n) is 10.7. The van der Waals surface area contributed by atoms with Crippen molar-refractivity contribution < 1.29 is 9.18 Å². The minimum absolute atomic E-state index is 0.00244. The molecule has 1 atom stereocenters. The molecule has 3 aromatic carbocycles. The topological polar surface area (TPSA) is 75.9 Å². The Morgan fingerprint density at radius 3 is 2.47 bits per heavy atom. The first-order valence-corrected chi connectivity index (χ1v) is 11.1. The normalized spacial score (nSPS) is 14.9. The molecule has 1 amide bonds. The van der Waals surface area contributed by atoms with E-state index in [9.17, 15) is 9.18 Å². The minimum Gasteiger partial charge on any atom is -0.350 e. The third-order valence-electron chi connectivity index (χ3n) is 5.57. The van der Waals surface area contributed by atoms with E-state index in [1.807, 2.05) is 48.5 Å². The van der Waals surface area contributed by atoms with Gasteiger partial charge in [-0.05, 0) is 57.5 Å². The van der Waals surface area contributed by atoms with Crippen molar-refractivity contribution in [3.8, 4) is 0 Å². The van der Waals surface area contributed by atoms with Crippen molar-refractivity contribution in [1.82, 2.24) is 25.5 Å². The maximum Gasteiger partial charge on any atom is 0.251 e. The van der Waals surface area contributed by atoms with E-state index in [0.717, 1.165) is 22.4 Å². The molecule has 2 heterocycles. The van der Waals surface area contributed by atoms with Crippen molar-refractivity contribution in [3.05, 3.63) is 112 Å². The van der Waals surface area contributed by atoms with Gasteiger partial charge in [0, 0.05) is 11.6 Å². The van der Waals surface area contributed by atoms with Gasteiger partial charge in [-0.1, -0.05) is 71.3 Å². The number of amides is 1. The standard InChI is InChI=1S/C25H20ClFN6O/c26-20-10-8-19(9-11-20)22-14-23(18-4-2-1-3-5-18)33-25(29-30-31-33)32(22)16-24(34)28-15-17-6-12-21(27)13-7-17/h1-14,23H,15-16H2,(H,28,34). The number of carbonyl (C=O) groups is 1. The SMILES string of the molecule is O=C(CN1C(c2ccc(Cl)cc2)=CC(c2ccccc2)n2nnnc21)NCc1ccc(F)cc1. The van der Waals surface area contributed by atoms with Crippen LogP contribution in [0.3, 0.4) is 0 Å². The number of allylic oxidation sites excluding steroid dienone is 1. The lowest BCUT2D eigenvalue weighted by molar-refractivity contribution is -0.119. The number of anilines is 1. The zero-order valence-corrected chi connectivity index (χ0v) is 18.7. The van der Waals surface area contributed by atoms with Gasteiger partial charge < -0.3 is 5.32 Å². The molecule has 170 valence electrons. The third-order valence-corrected chi connectivity index (χ3v) is 5.82. The molecular weight excluding hydrogens is 455 g/mol. The summed E-state index contributed by atoms with van der Waals surface area (Å²) in [4.78, 5) is 14.7. The molecule has 0 spiro atoms. The van der Waals surface area contributed by atoms with E-state index < -0.39 is 0 Å². The van der Waals surface area contributed by atoms with Crippen molar-refractivity contribution in [3.63, 3.8) is 0 Å². The van der Waals surface area contributed by atoms with Crippen LogP contribution in [0, 0.1) is 5.82 Å². The summed E-state index contributed by atoms with van der Waals surface area (Å²) < 4.78 is 14.9.